The minimum Gasteiger partial charge on any atom is -0.480 e. The first-order valence-corrected chi connectivity index (χ1v) is 7.71. The van der Waals surface area contributed by atoms with Crippen molar-refractivity contribution in [2.24, 2.45) is 0 Å². The Kier molecular flexibility index (Phi) is 6.39. The summed E-state index contributed by atoms with van der Waals surface area (Å²) in [4.78, 5) is 36.1. The predicted octanol–water partition coefficient (Wildman–Crippen LogP) is 0.451. The maximum atomic E-state index is 12.1. The van der Waals surface area contributed by atoms with Crippen LogP contribution in [-0.2, 0) is 20.9 Å². The number of amides is 3. The largest absolute Gasteiger partial charge is 0.480 e. The predicted molar refractivity (Wildman–Crippen MR) is 85.6 cm³/mol. The first kappa shape index (κ1) is 18.0. The van der Waals surface area contributed by atoms with Crippen LogP contribution in [0.25, 0.3) is 0 Å². The maximum absolute atomic E-state index is 12.1. The number of hydrogen-bond donors (Lipinski definition) is 3. The monoisotopic (exact) mass is 355 g/mol. The van der Waals surface area contributed by atoms with Gasteiger partial charge in [-0.05, 0) is 17.7 Å². The van der Waals surface area contributed by atoms with Crippen molar-refractivity contribution in [3.63, 3.8) is 0 Å². The lowest BCUT2D eigenvalue weighted by molar-refractivity contribution is -0.157. The lowest BCUT2D eigenvalue weighted by Crippen LogP contribution is -2.55. The third-order valence-electron chi connectivity index (χ3n) is 3.50. The number of hydrogen-bond acceptors (Lipinski definition) is 4. The van der Waals surface area contributed by atoms with Crippen molar-refractivity contribution in [3.8, 4) is 0 Å². The second-order valence-electron chi connectivity index (χ2n) is 5.18. The van der Waals surface area contributed by atoms with Gasteiger partial charge in [-0.1, -0.05) is 23.7 Å². The van der Waals surface area contributed by atoms with Crippen LogP contribution >= 0.6 is 11.6 Å². The fraction of sp³-hybridized carbons (Fsp3) is 0.400. The van der Waals surface area contributed by atoms with E-state index in [4.69, 9.17) is 21.4 Å². The van der Waals surface area contributed by atoms with Crippen molar-refractivity contribution < 1.29 is 24.2 Å². The van der Waals surface area contributed by atoms with Crippen molar-refractivity contribution >= 4 is 29.5 Å². The molecule has 0 saturated carbocycles. The van der Waals surface area contributed by atoms with E-state index in [0.29, 0.717) is 5.02 Å². The van der Waals surface area contributed by atoms with E-state index in [-0.39, 0.29) is 32.8 Å². The number of ether oxygens (including phenoxy) is 1. The standard InChI is InChI=1S/C15H18ClN3O5/c16-11-3-1-10(2-4-11)7-17-15(23)18-8-13(20)19-5-6-24-9-12(19)14(21)22/h1-4,12H,5-9H2,(H,21,22)(H2,17,18,23). The molecule has 0 radical (unpaired) electrons. The summed E-state index contributed by atoms with van der Waals surface area (Å²) in [5.41, 5.74) is 0.861. The SMILES string of the molecule is O=C(NCC(=O)N1CCOCC1C(=O)O)NCc1ccc(Cl)cc1. The average molecular weight is 356 g/mol. The molecule has 130 valence electrons. The molecule has 9 heteroatoms. The molecule has 1 saturated heterocycles. The van der Waals surface area contributed by atoms with Crippen LogP contribution < -0.4 is 10.6 Å². The van der Waals surface area contributed by atoms with Gasteiger partial charge in [0.05, 0.1) is 19.8 Å². The molecule has 1 aromatic rings. The minimum absolute atomic E-state index is 0.0517. The number of aliphatic carboxylic acids is 1. The lowest BCUT2D eigenvalue weighted by atomic mass is 10.2. The van der Waals surface area contributed by atoms with Gasteiger partial charge in [-0.25, -0.2) is 9.59 Å². The smallest absolute Gasteiger partial charge is 0.328 e. The van der Waals surface area contributed by atoms with Gasteiger partial charge in [0.15, 0.2) is 6.04 Å². The zero-order valence-electron chi connectivity index (χ0n) is 12.8. The Bertz CT molecular complexity index is 608. The van der Waals surface area contributed by atoms with Gasteiger partial charge in [0.1, 0.15) is 0 Å². The third kappa shape index (κ3) is 5.10. The number of carboxylic acids is 1. The van der Waals surface area contributed by atoms with Gasteiger partial charge in [0, 0.05) is 18.1 Å². The van der Waals surface area contributed by atoms with Gasteiger partial charge in [-0.2, -0.15) is 0 Å². The molecule has 1 atom stereocenters. The van der Waals surface area contributed by atoms with Crippen LogP contribution in [0.5, 0.6) is 0 Å². The zero-order valence-corrected chi connectivity index (χ0v) is 13.6. The minimum atomic E-state index is -1.13. The first-order valence-electron chi connectivity index (χ1n) is 7.33. The molecule has 0 aromatic heterocycles. The number of urea groups is 1. The Morgan fingerprint density at radius 3 is 2.62 bits per heavy atom. The van der Waals surface area contributed by atoms with E-state index in [1.807, 2.05) is 0 Å². The Balaban J connectivity index is 1.77. The van der Waals surface area contributed by atoms with Gasteiger partial charge in [0.2, 0.25) is 5.91 Å². The molecule has 1 aliphatic heterocycles. The van der Waals surface area contributed by atoms with Gasteiger partial charge < -0.3 is 25.4 Å². The summed E-state index contributed by atoms with van der Waals surface area (Å²) in [7, 11) is 0. The number of benzene rings is 1. The first-order chi connectivity index (χ1) is 11.5. The summed E-state index contributed by atoms with van der Waals surface area (Å²) in [5, 5.41) is 14.7. The molecule has 1 fully saturated rings. The van der Waals surface area contributed by atoms with Crippen LogP contribution in [-0.4, -0.2) is 60.3 Å². The molecule has 0 spiro atoms. The van der Waals surface area contributed by atoms with Crippen LogP contribution in [0.3, 0.4) is 0 Å². The highest BCUT2D eigenvalue weighted by Crippen LogP contribution is 2.09. The molecule has 0 bridgehead atoms. The second kappa shape index (κ2) is 8.51. The molecule has 2 rings (SSSR count). The van der Waals surface area contributed by atoms with E-state index in [2.05, 4.69) is 10.6 Å². The summed E-state index contributed by atoms with van der Waals surface area (Å²) in [6.45, 7) is 0.411. The Morgan fingerprint density at radius 2 is 1.96 bits per heavy atom. The summed E-state index contributed by atoms with van der Waals surface area (Å²) >= 11 is 5.77. The van der Waals surface area contributed by atoms with Gasteiger partial charge >= 0.3 is 12.0 Å². The maximum Gasteiger partial charge on any atom is 0.328 e. The molecule has 1 aromatic carbocycles. The van der Waals surface area contributed by atoms with E-state index >= 15 is 0 Å². The van der Waals surface area contributed by atoms with Gasteiger partial charge in [0.25, 0.3) is 0 Å². The number of morpholine rings is 1. The van der Waals surface area contributed by atoms with Crippen LogP contribution in [0.2, 0.25) is 5.02 Å². The van der Waals surface area contributed by atoms with Crippen LogP contribution in [0.1, 0.15) is 5.56 Å². The molecular formula is C15H18ClN3O5. The zero-order chi connectivity index (χ0) is 17.5. The molecule has 0 aliphatic carbocycles. The molecule has 3 N–H and O–H groups in total. The third-order valence-corrected chi connectivity index (χ3v) is 3.75. The van der Waals surface area contributed by atoms with Crippen molar-refractivity contribution in [2.45, 2.75) is 12.6 Å². The Hall–Kier alpha value is -2.32. The van der Waals surface area contributed by atoms with Gasteiger partial charge in [-0.15, -0.1) is 0 Å². The molecule has 24 heavy (non-hydrogen) atoms. The van der Waals surface area contributed by atoms with E-state index in [9.17, 15) is 14.4 Å². The fourth-order valence-electron chi connectivity index (χ4n) is 2.21. The van der Waals surface area contributed by atoms with Crippen molar-refractivity contribution in [1.82, 2.24) is 15.5 Å². The summed E-state index contributed by atoms with van der Waals surface area (Å²) in [6.07, 6.45) is 0. The summed E-state index contributed by atoms with van der Waals surface area (Å²) in [6, 6.07) is 5.44. The van der Waals surface area contributed by atoms with Crippen molar-refractivity contribution in [2.75, 3.05) is 26.3 Å². The Labute approximate surface area is 143 Å². The molecule has 1 aliphatic rings. The highest BCUT2D eigenvalue weighted by atomic mass is 35.5. The van der Waals surface area contributed by atoms with E-state index in [0.717, 1.165) is 5.56 Å². The van der Waals surface area contributed by atoms with Crippen LogP contribution in [0.15, 0.2) is 24.3 Å². The van der Waals surface area contributed by atoms with Crippen LogP contribution in [0.4, 0.5) is 4.79 Å². The van der Waals surface area contributed by atoms with E-state index < -0.39 is 23.9 Å². The number of carboxylic acid groups (broad SMARTS) is 1. The molecular weight excluding hydrogens is 338 g/mol. The number of nitrogens with zero attached hydrogens (tertiary/aromatic N) is 1. The molecule has 3 amide bonds. The van der Waals surface area contributed by atoms with Crippen LogP contribution in [0, 0.1) is 0 Å². The molecule has 8 nitrogen and oxygen atoms in total. The lowest BCUT2D eigenvalue weighted by Gasteiger charge is -2.32. The summed E-state index contributed by atoms with van der Waals surface area (Å²) in [5.74, 6) is -1.59. The van der Waals surface area contributed by atoms with E-state index in [1.54, 1.807) is 24.3 Å². The number of carbonyl (C=O) groups excluding carboxylic acids is 2. The van der Waals surface area contributed by atoms with Crippen molar-refractivity contribution in [3.05, 3.63) is 34.9 Å². The number of halogens is 1. The number of rotatable bonds is 5. The topological polar surface area (TPSA) is 108 Å². The molecule has 1 unspecified atom stereocenters. The average Bonchev–Trinajstić information content (AvgIpc) is 2.59. The highest BCUT2D eigenvalue weighted by Gasteiger charge is 2.32. The molecule has 1 heterocycles. The van der Waals surface area contributed by atoms with Gasteiger partial charge in [-0.3, -0.25) is 4.79 Å². The highest BCUT2D eigenvalue weighted by molar-refractivity contribution is 6.30. The normalized spacial score (nSPS) is 17.2. The quantitative estimate of drug-likeness (QED) is 0.710. The summed E-state index contributed by atoms with van der Waals surface area (Å²) < 4.78 is 5.06. The van der Waals surface area contributed by atoms with Crippen molar-refractivity contribution in [1.29, 1.82) is 0 Å². The Morgan fingerprint density at radius 1 is 1.25 bits per heavy atom. The number of nitrogens with one attached hydrogen (secondary N) is 2. The van der Waals surface area contributed by atoms with E-state index in [1.165, 1.54) is 4.90 Å². The second-order valence-corrected chi connectivity index (χ2v) is 5.62. The number of carbonyl (C=O) groups is 3. The fourth-order valence-corrected chi connectivity index (χ4v) is 2.34.